The Hall–Kier alpha value is -1.36. The second-order valence-corrected chi connectivity index (χ2v) is 4.67. The Bertz CT molecular complexity index is 389. The van der Waals surface area contributed by atoms with Gasteiger partial charge < -0.3 is 14.6 Å². The smallest absolute Gasteiger partial charge is 0.325 e. The van der Waals surface area contributed by atoms with Gasteiger partial charge in [0.1, 0.15) is 11.4 Å². The minimum Gasteiger partial charge on any atom is -0.468 e. The summed E-state index contributed by atoms with van der Waals surface area (Å²) < 4.78 is 6.92. The highest BCUT2D eigenvalue weighted by molar-refractivity contribution is 5.80. The molecule has 1 heterocycles. The van der Waals surface area contributed by atoms with E-state index >= 15 is 0 Å². The van der Waals surface area contributed by atoms with Crippen LogP contribution in [-0.2, 0) is 16.1 Å². The Morgan fingerprint density at radius 1 is 1.61 bits per heavy atom. The van der Waals surface area contributed by atoms with Gasteiger partial charge in [-0.2, -0.15) is 0 Å². The number of nitrogens with one attached hydrogen (secondary N) is 1. The highest BCUT2D eigenvalue weighted by atomic mass is 16.5. The van der Waals surface area contributed by atoms with Gasteiger partial charge in [0.05, 0.1) is 7.11 Å². The molecule has 0 radical (unpaired) electrons. The van der Waals surface area contributed by atoms with Gasteiger partial charge in [-0.15, -0.1) is 0 Å². The minimum absolute atomic E-state index is 0.214. The molecule has 0 bridgehead atoms. The molecule has 0 fully saturated rings. The number of carbonyl (C=O) groups is 1. The average Bonchev–Trinajstić information content (AvgIpc) is 2.78. The van der Waals surface area contributed by atoms with Crippen LogP contribution in [0.15, 0.2) is 12.4 Å². The number of ether oxygens (including phenoxy) is 1. The normalized spacial score (nSPS) is 14.2. The van der Waals surface area contributed by atoms with E-state index in [0.29, 0.717) is 6.42 Å². The van der Waals surface area contributed by atoms with Crippen LogP contribution in [-0.4, -0.2) is 34.7 Å². The van der Waals surface area contributed by atoms with Gasteiger partial charge >= 0.3 is 5.97 Å². The molecule has 5 nitrogen and oxygen atoms in total. The summed E-state index contributed by atoms with van der Waals surface area (Å²) in [4.78, 5) is 16.0. The largest absolute Gasteiger partial charge is 0.468 e. The molecule has 0 aliphatic carbocycles. The molecule has 0 aromatic carbocycles. The van der Waals surface area contributed by atoms with Crippen molar-refractivity contribution in [3.63, 3.8) is 0 Å². The third kappa shape index (κ3) is 3.57. The lowest BCUT2D eigenvalue weighted by atomic mass is 9.97. The van der Waals surface area contributed by atoms with E-state index < -0.39 is 5.54 Å². The summed E-state index contributed by atoms with van der Waals surface area (Å²) in [7, 11) is 1.43. The fraction of sp³-hybridized carbons (Fsp3) is 0.692. The van der Waals surface area contributed by atoms with Crippen LogP contribution in [0.25, 0.3) is 0 Å². The molecule has 0 aliphatic heterocycles. The summed E-state index contributed by atoms with van der Waals surface area (Å²) in [6.45, 7) is 7.46. The van der Waals surface area contributed by atoms with Crippen molar-refractivity contribution in [1.29, 1.82) is 0 Å². The Labute approximate surface area is 109 Å². The third-order valence-electron chi connectivity index (χ3n) is 3.18. The number of aromatic nitrogens is 2. The topological polar surface area (TPSA) is 56.2 Å². The van der Waals surface area contributed by atoms with Crippen molar-refractivity contribution in [2.45, 2.75) is 45.7 Å². The fourth-order valence-electron chi connectivity index (χ4n) is 1.87. The van der Waals surface area contributed by atoms with E-state index in [-0.39, 0.29) is 5.97 Å². The predicted molar refractivity (Wildman–Crippen MR) is 70.3 cm³/mol. The molecule has 0 saturated heterocycles. The Balaban J connectivity index is 2.67. The minimum atomic E-state index is -0.637. The van der Waals surface area contributed by atoms with Crippen molar-refractivity contribution < 1.29 is 9.53 Å². The van der Waals surface area contributed by atoms with Crippen LogP contribution in [0.3, 0.4) is 0 Å². The molecule has 0 spiro atoms. The molecule has 0 aliphatic rings. The van der Waals surface area contributed by atoms with Gasteiger partial charge in [-0.25, -0.2) is 4.98 Å². The lowest BCUT2D eigenvalue weighted by Gasteiger charge is -2.28. The van der Waals surface area contributed by atoms with Crippen molar-refractivity contribution in [2.24, 2.45) is 0 Å². The Morgan fingerprint density at radius 2 is 2.33 bits per heavy atom. The Morgan fingerprint density at radius 3 is 2.83 bits per heavy atom. The number of imidazole rings is 1. The van der Waals surface area contributed by atoms with Crippen LogP contribution in [0, 0.1) is 6.92 Å². The first kappa shape index (κ1) is 14.7. The van der Waals surface area contributed by atoms with E-state index in [9.17, 15) is 4.79 Å². The lowest BCUT2D eigenvalue weighted by molar-refractivity contribution is -0.148. The summed E-state index contributed by atoms with van der Waals surface area (Å²) in [6.07, 6.45) is 5.35. The van der Waals surface area contributed by atoms with Crippen LogP contribution in [0.5, 0.6) is 0 Å². The molecule has 1 N–H and O–H groups in total. The third-order valence-corrected chi connectivity index (χ3v) is 3.18. The van der Waals surface area contributed by atoms with Gasteiger partial charge in [0.15, 0.2) is 0 Å². The first-order valence-electron chi connectivity index (χ1n) is 6.34. The summed E-state index contributed by atoms with van der Waals surface area (Å²) in [5.41, 5.74) is -0.637. The van der Waals surface area contributed by atoms with Gasteiger partial charge in [-0.05, 0) is 33.2 Å². The van der Waals surface area contributed by atoms with Crippen LogP contribution >= 0.6 is 0 Å². The quantitative estimate of drug-likeness (QED) is 0.748. The van der Waals surface area contributed by atoms with E-state index in [1.54, 1.807) is 6.20 Å². The molecule has 0 amide bonds. The number of nitrogens with zero attached hydrogens (tertiary/aromatic N) is 2. The summed E-state index contributed by atoms with van der Waals surface area (Å²) in [6, 6.07) is 0. The fourth-order valence-corrected chi connectivity index (χ4v) is 1.87. The van der Waals surface area contributed by atoms with Crippen LogP contribution in [0.4, 0.5) is 0 Å². The molecular formula is C13H23N3O2. The van der Waals surface area contributed by atoms with Gasteiger partial charge in [0, 0.05) is 18.9 Å². The molecule has 1 aromatic rings. The summed E-state index contributed by atoms with van der Waals surface area (Å²) >= 11 is 0. The zero-order valence-electron chi connectivity index (χ0n) is 11.7. The second-order valence-electron chi connectivity index (χ2n) is 4.67. The van der Waals surface area contributed by atoms with Gasteiger partial charge in [-0.3, -0.25) is 4.79 Å². The number of hydrogen-bond donors (Lipinski definition) is 1. The van der Waals surface area contributed by atoms with Gasteiger partial charge in [-0.1, -0.05) is 6.92 Å². The number of methoxy groups -OCH3 is 1. The van der Waals surface area contributed by atoms with Crippen molar-refractivity contribution in [2.75, 3.05) is 13.7 Å². The second kappa shape index (κ2) is 6.54. The zero-order chi connectivity index (χ0) is 13.6. The van der Waals surface area contributed by atoms with Gasteiger partial charge in [0.25, 0.3) is 0 Å². The highest BCUT2D eigenvalue weighted by Crippen LogP contribution is 2.14. The van der Waals surface area contributed by atoms with E-state index in [0.717, 1.165) is 25.3 Å². The molecule has 102 valence electrons. The van der Waals surface area contributed by atoms with E-state index in [2.05, 4.69) is 17.2 Å². The molecule has 1 unspecified atom stereocenters. The van der Waals surface area contributed by atoms with Crippen LogP contribution < -0.4 is 5.32 Å². The highest BCUT2D eigenvalue weighted by Gasteiger charge is 2.33. The first-order valence-corrected chi connectivity index (χ1v) is 6.34. The molecule has 0 saturated carbocycles. The van der Waals surface area contributed by atoms with Gasteiger partial charge in [0.2, 0.25) is 0 Å². The molecule has 18 heavy (non-hydrogen) atoms. The molecule has 1 rings (SSSR count). The maximum atomic E-state index is 11.9. The standard InChI is InChI=1S/C13H23N3O2/c1-5-7-15-13(3,12(17)18-4)6-9-16-10-8-14-11(16)2/h8,10,15H,5-7,9H2,1-4H3. The summed E-state index contributed by atoms with van der Waals surface area (Å²) in [5, 5.41) is 3.27. The van der Waals surface area contributed by atoms with E-state index in [4.69, 9.17) is 4.74 Å². The number of esters is 1. The molecular weight excluding hydrogens is 230 g/mol. The number of rotatable bonds is 7. The molecule has 5 heteroatoms. The lowest BCUT2D eigenvalue weighted by Crippen LogP contribution is -2.51. The predicted octanol–water partition coefficient (Wildman–Crippen LogP) is 1.51. The first-order chi connectivity index (χ1) is 8.53. The summed E-state index contributed by atoms with van der Waals surface area (Å²) in [5.74, 6) is 0.742. The van der Waals surface area contributed by atoms with Crippen LogP contribution in [0.1, 0.15) is 32.5 Å². The van der Waals surface area contributed by atoms with Crippen molar-refractivity contribution in [3.8, 4) is 0 Å². The van der Waals surface area contributed by atoms with Crippen LogP contribution in [0.2, 0.25) is 0 Å². The number of carbonyl (C=O) groups excluding carboxylic acids is 1. The molecule has 1 aromatic heterocycles. The molecule has 1 atom stereocenters. The number of hydrogen-bond acceptors (Lipinski definition) is 4. The van der Waals surface area contributed by atoms with E-state index in [1.807, 2.05) is 24.6 Å². The monoisotopic (exact) mass is 253 g/mol. The van der Waals surface area contributed by atoms with Crippen molar-refractivity contribution >= 4 is 5.97 Å². The average molecular weight is 253 g/mol. The maximum absolute atomic E-state index is 11.9. The van der Waals surface area contributed by atoms with Crippen molar-refractivity contribution in [3.05, 3.63) is 18.2 Å². The number of aryl methyl sites for hydroxylation is 2. The Kier molecular flexibility index (Phi) is 5.34. The SMILES string of the molecule is CCCNC(C)(CCn1ccnc1C)C(=O)OC. The zero-order valence-corrected chi connectivity index (χ0v) is 11.7. The van der Waals surface area contributed by atoms with Crippen molar-refractivity contribution in [1.82, 2.24) is 14.9 Å². The maximum Gasteiger partial charge on any atom is 0.325 e. The van der Waals surface area contributed by atoms with E-state index in [1.165, 1.54) is 7.11 Å².